The molecule has 1 aromatic heterocycles. The van der Waals surface area contributed by atoms with Crippen molar-refractivity contribution < 1.29 is 33.4 Å². The summed E-state index contributed by atoms with van der Waals surface area (Å²) >= 11 is 0. The summed E-state index contributed by atoms with van der Waals surface area (Å²) in [6.07, 6.45) is 4.68. The van der Waals surface area contributed by atoms with Crippen LogP contribution in [0.25, 0.3) is 0 Å². The third kappa shape index (κ3) is 2.43. The molecule has 0 amide bonds. The monoisotopic (exact) mass is 404 g/mol. The van der Waals surface area contributed by atoms with Gasteiger partial charge in [-0.1, -0.05) is 13.3 Å². The van der Waals surface area contributed by atoms with Gasteiger partial charge in [-0.25, -0.2) is 0 Å². The van der Waals surface area contributed by atoms with Crippen LogP contribution < -0.4 is 0 Å². The Bertz CT molecular complexity index is 861. The lowest BCUT2D eigenvalue weighted by Crippen LogP contribution is -2.77. The molecule has 7 nitrogen and oxygen atoms in total. The van der Waals surface area contributed by atoms with Crippen molar-refractivity contribution in [2.45, 2.75) is 77.1 Å². The molecule has 1 saturated heterocycles. The SMILES string of the molecule is CC(=O)OC1(C)C(=O)C2OC(=O)C3(C)CCCC(C)(C23)C1(O)CCc1ccoc1. The number of furan rings is 1. The standard InChI is InChI=1S/C22H28O7/c1-13(23)29-21(4)17(24)15-16-19(2,18(25)28-15)8-5-9-20(16,3)22(21,26)10-6-14-7-11-27-12-14/h7,11-12,15-16,26H,5-6,8-10H2,1-4H3. The molecule has 0 radical (unpaired) electrons. The van der Waals surface area contributed by atoms with Crippen molar-refractivity contribution in [3.05, 3.63) is 24.2 Å². The highest BCUT2D eigenvalue weighted by Crippen LogP contribution is 2.67. The molecule has 1 aromatic rings. The van der Waals surface area contributed by atoms with E-state index in [9.17, 15) is 19.5 Å². The zero-order valence-corrected chi connectivity index (χ0v) is 17.3. The number of carbonyl (C=O) groups excluding carboxylic acids is 3. The van der Waals surface area contributed by atoms with Crippen LogP contribution in [0.3, 0.4) is 0 Å². The maximum atomic E-state index is 13.6. The van der Waals surface area contributed by atoms with Gasteiger partial charge in [0.1, 0.15) is 5.60 Å². The molecule has 3 fully saturated rings. The molecule has 6 unspecified atom stereocenters. The molecule has 2 saturated carbocycles. The normalized spacial score (nSPS) is 43.6. The summed E-state index contributed by atoms with van der Waals surface area (Å²) in [4.78, 5) is 38.3. The molecule has 1 N–H and O–H groups in total. The molecule has 6 atom stereocenters. The first kappa shape index (κ1) is 20.1. The Balaban J connectivity index is 1.86. The van der Waals surface area contributed by atoms with E-state index in [1.54, 1.807) is 18.6 Å². The fraction of sp³-hybridized carbons (Fsp3) is 0.682. The van der Waals surface area contributed by atoms with Crippen LogP contribution in [0.4, 0.5) is 0 Å². The molecular formula is C22H28O7. The van der Waals surface area contributed by atoms with Gasteiger partial charge in [0.05, 0.1) is 17.9 Å². The fourth-order valence-corrected chi connectivity index (χ4v) is 6.45. The van der Waals surface area contributed by atoms with Crippen LogP contribution in [0.5, 0.6) is 0 Å². The van der Waals surface area contributed by atoms with Gasteiger partial charge in [0, 0.05) is 18.3 Å². The Morgan fingerprint density at radius 2 is 2.00 bits per heavy atom. The summed E-state index contributed by atoms with van der Waals surface area (Å²) < 4.78 is 16.3. The molecule has 0 bridgehead atoms. The van der Waals surface area contributed by atoms with Crippen LogP contribution in [0.15, 0.2) is 23.0 Å². The van der Waals surface area contributed by atoms with Gasteiger partial charge in [-0.2, -0.15) is 0 Å². The predicted molar refractivity (Wildman–Crippen MR) is 101 cm³/mol. The lowest BCUT2D eigenvalue weighted by molar-refractivity contribution is -0.268. The van der Waals surface area contributed by atoms with Crippen LogP contribution >= 0.6 is 0 Å². The second-order valence-corrected chi connectivity index (χ2v) is 9.48. The maximum absolute atomic E-state index is 13.6. The minimum atomic E-state index is -1.82. The Morgan fingerprint density at radius 1 is 1.28 bits per heavy atom. The molecule has 2 aliphatic carbocycles. The van der Waals surface area contributed by atoms with E-state index >= 15 is 0 Å². The number of hydrogen-bond donors (Lipinski definition) is 1. The van der Waals surface area contributed by atoms with E-state index in [0.29, 0.717) is 25.7 Å². The van der Waals surface area contributed by atoms with Crippen molar-refractivity contribution in [3.8, 4) is 0 Å². The quantitative estimate of drug-likeness (QED) is 0.769. The van der Waals surface area contributed by atoms with Gasteiger partial charge >= 0.3 is 11.9 Å². The first-order valence-electron chi connectivity index (χ1n) is 10.2. The van der Waals surface area contributed by atoms with E-state index < -0.39 is 51.8 Å². The van der Waals surface area contributed by atoms with E-state index in [0.717, 1.165) is 5.56 Å². The number of ketones is 1. The number of ether oxygens (including phenoxy) is 2. The van der Waals surface area contributed by atoms with Crippen molar-refractivity contribution in [1.82, 2.24) is 0 Å². The number of aliphatic hydroxyl groups is 1. The highest BCUT2D eigenvalue weighted by Gasteiger charge is 2.79. The van der Waals surface area contributed by atoms with Gasteiger partial charge in [-0.3, -0.25) is 14.4 Å². The minimum absolute atomic E-state index is 0.187. The molecule has 2 heterocycles. The summed E-state index contributed by atoms with van der Waals surface area (Å²) in [7, 11) is 0. The first-order valence-corrected chi connectivity index (χ1v) is 10.2. The van der Waals surface area contributed by atoms with Crippen LogP contribution in [0, 0.1) is 16.7 Å². The molecule has 0 spiro atoms. The molecule has 3 aliphatic rings. The van der Waals surface area contributed by atoms with Gasteiger partial charge in [0.2, 0.25) is 5.78 Å². The lowest BCUT2D eigenvalue weighted by Gasteiger charge is -2.63. The zero-order chi connectivity index (χ0) is 21.2. The minimum Gasteiger partial charge on any atom is -0.472 e. The zero-order valence-electron chi connectivity index (χ0n) is 17.3. The van der Waals surface area contributed by atoms with Gasteiger partial charge in [0.25, 0.3) is 0 Å². The number of esters is 2. The van der Waals surface area contributed by atoms with Crippen LogP contribution in [-0.4, -0.2) is 40.1 Å². The Kier molecular flexibility index (Phi) is 4.29. The summed E-state index contributed by atoms with van der Waals surface area (Å²) in [5, 5.41) is 12.2. The van der Waals surface area contributed by atoms with E-state index in [1.165, 1.54) is 13.8 Å². The molecule has 158 valence electrons. The Hall–Kier alpha value is -2.15. The van der Waals surface area contributed by atoms with Crippen LogP contribution in [0.1, 0.15) is 58.9 Å². The first-order chi connectivity index (χ1) is 13.5. The Morgan fingerprint density at radius 3 is 2.62 bits per heavy atom. The third-order valence-corrected chi connectivity index (χ3v) is 7.93. The fourth-order valence-electron chi connectivity index (χ4n) is 6.45. The smallest absolute Gasteiger partial charge is 0.312 e. The Labute approximate surface area is 169 Å². The summed E-state index contributed by atoms with van der Waals surface area (Å²) in [5.74, 6) is -2.07. The van der Waals surface area contributed by atoms with Gasteiger partial charge < -0.3 is 19.0 Å². The van der Waals surface area contributed by atoms with Crippen molar-refractivity contribution in [3.63, 3.8) is 0 Å². The molecular weight excluding hydrogens is 376 g/mol. The topological polar surface area (TPSA) is 103 Å². The van der Waals surface area contributed by atoms with Crippen molar-refractivity contribution >= 4 is 17.7 Å². The number of carbonyl (C=O) groups is 3. The van der Waals surface area contributed by atoms with Gasteiger partial charge in [0.15, 0.2) is 11.7 Å². The largest absolute Gasteiger partial charge is 0.472 e. The van der Waals surface area contributed by atoms with Gasteiger partial charge in [-0.15, -0.1) is 0 Å². The lowest BCUT2D eigenvalue weighted by atomic mass is 9.42. The summed E-state index contributed by atoms with van der Waals surface area (Å²) in [5.41, 5.74) is -4.30. The predicted octanol–water partition coefficient (Wildman–Crippen LogP) is 2.59. The van der Waals surface area contributed by atoms with Crippen LogP contribution in [0.2, 0.25) is 0 Å². The second-order valence-electron chi connectivity index (χ2n) is 9.48. The number of Topliss-reactive ketones (excluding diaryl/α,β-unsaturated/α-hetero) is 1. The average molecular weight is 404 g/mol. The summed E-state index contributed by atoms with van der Waals surface area (Å²) in [6.45, 7) is 6.42. The number of hydrogen-bond acceptors (Lipinski definition) is 7. The second kappa shape index (κ2) is 6.17. The molecule has 0 aromatic carbocycles. The molecule has 4 rings (SSSR count). The van der Waals surface area contributed by atoms with E-state index in [-0.39, 0.29) is 6.42 Å². The van der Waals surface area contributed by atoms with E-state index in [4.69, 9.17) is 13.9 Å². The third-order valence-electron chi connectivity index (χ3n) is 7.93. The highest BCUT2D eigenvalue weighted by molar-refractivity contribution is 6.00. The highest BCUT2D eigenvalue weighted by atomic mass is 16.6. The van der Waals surface area contributed by atoms with Crippen molar-refractivity contribution in [2.75, 3.05) is 0 Å². The van der Waals surface area contributed by atoms with E-state index in [1.807, 2.05) is 13.8 Å². The van der Waals surface area contributed by atoms with Gasteiger partial charge in [-0.05, 0) is 51.2 Å². The maximum Gasteiger partial charge on any atom is 0.312 e. The van der Waals surface area contributed by atoms with Crippen molar-refractivity contribution in [1.29, 1.82) is 0 Å². The number of rotatable bonds is 4. The average Bonchev–Trinajstić information content (AvgIpc) is 3.24. The molecule has 29 heavy (non-hydrogen) atoms. The van der Waals surface area contributed by atoms with E-state index in [2.05, 4.69) is 0 Å². The van der Waals surface area contributed by atoms with Crippen molar-refractivity contribution in [2.24, 2.45) is 16.7 Å². The molecule has 1 aliphatic heterocycles. The van der Waals surface area contributed by atoms with Crippen LogP contribution in [-0.2, 0) is 30.3 Å². The molecule has 7 heteroatoms. The summed E-state index contributed by atoms with van der Waals surface area (Å²) in [6, 6.07) is 1.80. The number of aryl methyl sites for hydroxylation is 1.